The lowest BCUT2D eigenvalue weighted by Crippen LogP contribution is -2.28. The monoisotopic (exact) mass is 279 g/mol. The van der Waals surface area contributed by atoms with Gasteiger partial charge in [0.25, 0.3) is 0 Å². The largest absolute Gasteiger partial charge is 0.361 e. The molecular formula is C13H17N3O2S. The first-order valence-electron chi connectivity index (χ1n) is 6.04. The van der Waals surface area contributed by atoms with Crippen molar-refractivity contribution < 1.29 is 9.32 Å². The van der Waals surface area contributed by atoms with E-state index in [-0.39, 0.29) is 5.91 Å². The summed E-state index contributed by atoms with van der Waals surface area (Å²) in [6, 6.07) is 1.84. The quantitative estimate of drug-likeness (QED) is 0.861. The van der Waals surface area contributed by atoms with Gasteiger partial charge in [0.15, 0.2) is 0 Å². The summed E-state index contributed by atoms with van der Waals surface area (Å²) in [5, 5.41) is 4.88. The summed E-state index contributed by atoms with van der Waals surface area (Å²) >= 11 is 1.62. The topological polar surface area (TPSA) is 59.2 Å². The summed E-state index contributed by atoms with van der Waals surface area (Å²) in [4.78, 5) is 19.3. The lowest BCUT2D eigenvalue weighted by Gasteiger charge is -2.14. The Kier molecular flexibility index (Phi) is 3.99. The Balaban J connectivity index is 1.97. The second-order valence-electron chi connectivity index (χ2n) is 4.59. The third-order valence-electron chi connectivity index (χ3n) is 2.82. The Morgan fingerprint density at radius 2 is 2.16 bits per heavy atom. The van der Waals surface area contributed by atoms with Crippen molar-refractivity contribution in [3.63, 3.8) is 0 Å². The van der Waals surface area contributed by atoms with E-state index in [2.05, 4.69) is 10.1 Å². The van der Waals surface area contributed by atoms with Crippen LogP contribution in [-0.2, 0) is 17.8 Å². The average Bonchev–Trinajstić information content (AvgIpc) is 2.85. The van der Waals surface area contributed by atoms with Gasteiger partial charge in [-0.1, -0.05) is 5.16 Å². The molecule has 0 spiro atoms. The van der Waals surface area contributed by atoms with Crippen LogP contribution in [0.4, 0.5) is 0 Å². The van der Waals surface area contributed by atoms with E-state index in [4.69, 9.17) is 4.52 Å². The van der Waals surface area contributed by atoms with E-state index in [0.717, 1.165) is 27.0 Å². The van der Waals surface area contributed by atoms with Gasteiger partial charge in [0, 0.05) is 18.0 Å². The Hall–Kier alpha value is -1.69. The van der Waals surface area contributed by atoms with Crippen molar-refractivity contribution in [1.29, 1.82) is 0 Å². The predicted molar refractivity (Wildman–Crippen MR) is 73.0 cm³/mol. The Labute approximate surface area is 116 Å². The minimum absolute atomic E-state index is 0.0362. The molecule has 2 aromatic heterocycles. The van der Waals surface area contributed by atoms with Gasteiger partial charge in [-0.25, -0.2) is 4.98 Å². The standard InChI is InChI=1S/C13H17N3O2S/c1-8-5-11(15-18-8)7-16(4)13(17)6-12-9(2)19-10(3)14-12/h5H,6-7H2,1-4H3. The van der Waals surface area contributed by atoms with Gasteiger partial charge in [0.1, 0.15) is 11.5 Å². The van der Waals surface area contributed by atoms with Crippen LogP contribution in [0.5, 0.6) is 0 Å². The summed E-state index contributed by atoms with van der Waals surface area (Å²) in [7, 11) is 1.76. The molecule has 0 saturated heterocycles. The second-order valence-corrected chi connectivity index (χ2v) is 6.00. The number of carbonyl (C=O) groups excluding carboxylic acids is 1. The van der Waals surface area contributed by atoms with Gasteiger partial charge in [0.05, 0.1) is 23.7 Å². The number of aryl methyl sites for hydroxylation is 3. The first-order chi connectivity index (χ1) is 8.95. The minimum Gasteiger partial charge on any atom is -0.361 e. The Morgan fingerprint density at radius 3 is 2.68 bits per heavy atom. The molecular weight excluding hydrogens is 262 g/mol. The van der Waals surface area contributed by atoms with Crippen molar-refractivity contribution in [3.05, 3.63) is 33.1 Å². The summed E-state index contributed by atoms with van der Waals surface area (Å²) < 4.78 is 4.99. The van der Waals surface area contributed by atoms with Gasteiger partial charge in [-0.05, 0) is 20.8 Å². The number of rotatable bonds is 4. The molecule has 0 bridgehead atoms. The van der Waals surface area contributed by atoms with Crippen LogP contribution in [0.3, 0.4) is 0 Å². The third kappa shape index (κ3) is 3.41. The molecule has 19 heavy (non-hydrogen) atoms. The molecule has 102 valence electrons. The molecule has 0 aliphatic heterocycles. The van der Waals surface area contributed by atoms with Crippen LogP contribution >= 0.6 is 11.3 Å². The molecule has 6 heteroatoms. The number of thiazole rings is 1. The van der Waals surface area contributed by atoms with Crippen LogP contribution in [0.2, 0.25) is 0 Å². The molecule has 0 radical (unpaired) electrons. The number of hydrogen-bond donors (Lipinski definition) is 0. The molecule has 0 fully saturated rings. The predicted octanol–water partition coefficient (Wildman–Crippen LogP) is 2.26. The summed E-state index contributed by atoms with van der Waals surface area (Å²) in [6.45, 7) is 6.24. The zero-order valence-corrected chi connectivity index (χ0v) is 12.4. The van der Waals surface area contributed by atoms with Crippen LogP contribution in [0, 0.1) is 20.8 Å². The van der Waals surface area contributed by atoms with Gasteiger partial charge >= 0.3 is 0 Å². The molecule has 0 aliphatic rings. The molecule has 0 atom stereocenters. The van der Waals surface area contributed by atoms with Crippen LogP contribution in [0.1, 0.15) is 27.0 Å². The van der Waals surface area contributed by atoms with Gasteiger partial charge in [-0.15, -0.1) is 11.3 Å². The van der Waals surface area contributed by atoms with Gasteiger partial charge in [-0.3, -0.25) is 4.79 Å². The smallest absolute Gasteiger partial charge is 0.228 e. The van der Waals surface area contributed by atoms with E-state index in [9.17, 15) is 4.79 Å². The van der Waals surface area contributed by atoms with E-state index < -0.39 is 0 Å². The first-order valence-corrected chi connectivity index (χ1v) is 6.86. The molecule has 0 unspecified atom stereocenters. The fraction of sp³-hybridized carbons (Fsp3) is 0.462. The average molecular weight is 279 g/mol. The summed E-state index contributed by atoms with van der Waals surface area (Å²) in [6.07, 6.45) is 0.337. The van der Waals surface area contributed by atoms with E-state index in [1.54, 1.807) is 23.3 Å². The maximum absolute atomic E-state index is 12.1. The Morgan fingerprint density at radius 1 is 1.42 bits per heavy atom. The normalized spacial score (nSPS) is 10.7. The fourth-order valence-corrected chi connectivity index (χ4v) is 2.67. The SMILES string of the molecule is Cc1cc(CN(C)C(=O)Cc2nc(C)sc2C)no1. The molecule has 0 N–H and O–H groups in total. The van der Waals surface area contributed by atoms with Gasteiger partial charge < -0.3 is 9.42 Å². The van der Waals surface area contributed by atoms with Crippen molar-refractivity contribution in [2.24, 2.45) is 0 Å². The van der Waals surface area contributed by atoms with E-state index in [0.29, 0.717) is 13.0 Å². The Bertz CT molecular complexity index is 588. The maximum atomic E-state index is 12.1. The highest BCUT2D eigenvalue weighted by Gasteiger charge is 2.15. The number of aromatic nitrogens is 2. The summed E-state index contributed by atoms with van der Waals surface area (Å²) in [5.74, 6) is 0.788. The molecule has 2 rings (SSSR count). The van der Waals surface area contributed by atoms with Crippen molar-refractivity contribution in [3.8, 4) is 0 Å². The lowest BCUT2D eigenvalue weighted by atomic mass is 10.2. The zero-order valence-electron chi connectivity index (χ0n) is 11.6. The molecule has 2 aromatic rings. The van der Waals surface area contributed by atoms with Crippen LogP contribution in [-0.4, -0.2) is 28.0 Å². The number of likely N-dealkylation sites (N-methyl/N-ethyl adjacent to an activating group) is 1. The van der Waals surface area contributed by atoms with E-state index >= 15 is 0 Å². The van der Waals surface area contributed by atoms with Gasteiger partial charge in [-0.2, -0.15) is 0 Å². The van der Waals surface area contributed by atoms with E-state index in [1.165, 1.54) is 0 Å². The first kappa shape index (κ1) is 13.7. The van der Waals surface area contributed by atoms with Crippen molar-refractivity contribution in [2.75, 3.05) is 7.05 Å². The lowest BCUT2D eigenvalue weighted by molar-refractivity contribution is -0.129. The second kappa shape index (κ2) is 5.52. The highest BCUT2D eigenvalue weighted by atomic mass is 32.1. The van der Waals surface area contributed by atoms with Crippen molar-refractivity contribution >= 4 is 17.2 Å². The van der Waals surface area contributed by atoms with Crippen LogP contribution < -0.4 is 0 Å². The molecule has 0 aromatic carbocycles. The molecule has 0 saturated carbocycles. The zero-order chi connectivity index (χ0) is 14.0. The van der Waals surface area contributed by atoms with Crippen molar-refractivity contribution in [1.82, 2.24) is 15.0 Å². The molecule has 2 heterocycles. The third-order valence-corrected chi connectivity index (χ3v) is 3.75. The number of amides is 1. The maximum Gasteiger partial charge on any atom is 0.228 e. The highest BCUT2D eigenvalue weighted by molar-refractivity contribution is 7.11. The number of nitrogens with zero attached hydrogens (tertiary/aromatic N) is 3. The van der Waals surface area contributed by atoms with E-state index in [1.807, 2.05) is 26.8 Å². The molecule has 0 aliphatic carbocycles. The fourth-order valence-electron chi connectivity index (χ4n) is 1.84. The van der Waals surface area contributed by atoms with Crippen LogP contribution in [0.25, 0.3) is 0 Å². The highest BCUT2D eigenvalue weighted by Crippen LogP contribution is 2.17. The van der Waals surface area contributed by atoms with Crippen LogP contribution in [0.15, 0.2) is 10.6 Å². The number of hydrogen-bond acceptors (Lipinski definition) is 5. The minimum atomic E-state index is 0.0362. The summed E-state index contributed by atoms with van der Waals surface area (Å²) in [5.41, 5.74) is 1.63. The molecule has 5 nitrogen and oxygen atoms in total. The van der Waals surface area contributed by atoms with Crippen molar-refractivity contribution in [2.45, 2.75) is 33.7 Å². The number of carbonyl (C=O) groups is 1. The van der Waals surface area contributed by atoms with Gasteiger partial charge in [0.2, 0.25) is 5.91 Å². The molecule has 1 amide bonds.